The highest BCUT2D eigenvalue weighted by Crippen LogP contribution is 2.34. The number of unbranched alkanes of at least 4 members (excludes halogenated alkanes) is 2. The Morgan fingerprint density at radius 3 is 2.56 bits per heavy atom. The zero-order chi connectivity index (χ0) is 11.8. The van der Waals surface area contributed by atoms with Gasteiger partial charge in [-0.15, -0.1) is 0 Å². The van der Waals surface area contributed by atoms with Crippen LogP contribution in [0.2, 0.25) is 0 Å². The maximum absolute atomic E-state index is 9.96. The minimum absolute atomic E-state index is 0.0535. The Hall–Kier alpha value is -0.0800. The fourth-order valence-electron chi connectivity index (χ4n) is 3.02. The fourth-order valence-corrected chi connectivity index (χ4v) is 3.02. The number of hydrogen-bond donors (Lipinski definition) is 2. The van der Waals surface area contributed by atoms with Crippen LogP contribution in [0.5, 0.6) is 0 Å². The Labute approximate surface area is 100 Å². The lowest BCUT2D eigenvalue weighted by molar-refractivity contribution is 0.0404. The first-order chi connectivity index (χ1) is 7.77. The first-order valence-corrected chi connectivity index (χ1v) is 7.06. The van der Waals surface area contributed by atoms with Crippen LogP contribution in [0.4, 0.5) is 0 Å². The van der Waals surface area contributed by atoms with Crippen LogP contribution in [-0.2, 0) is 0 Å². The van der Waals surface area contributed by atoms with E-state index < -0.39 is 0 Å². The van der Waals surface area contributed by atoms with Gasteiger partial charge in [-0.2, -0.15) is 0 Å². The lowest BCUT2D eigenvalue weighted by Crippen LogP contribution is -2.29. The Kier molecular flexibility index (Phi) is 7.06. The molecule has 0 radical (unpaired) electrons. The second-order valence-electron chi connectivity index (χ2n) is 5.37. The summed E-state index contributed by atoms with van der Waals surface area (Å²) in [6, 6.07) is 0. The largest absolute Gasteiger partial charge is 0.396 e. The van der Waals surface area contributed by atoms with Gasteiger partial charge in [-0.25, -0.2) is 0 Å². The molecule has 0 spiro atoms. The van der Waals surface area contributed by atoms with Gasteiger partial charge in [0.25, 0.3) is 0 Å². The lowest BCUT2D eigenvalue weighted by Gasteiger charge is -2.33. The fraction of sp³-hybridized carbons (Fsp3) is 1.00. The molecule has 3 atom stereocenters. The highest BCUT2D eigenvalue weighted by molar-refractivity contribution is 4.79. The summed E-state index contributed by atoms with van der Waals surface area (Å²) in [7, 11) is 0. The van der Waals surface area contributed by atoms with Gasteiger partial charge in [-0.05, 0) is 43.9 Å². The van der Waals surface area contributed by atoms with Crippen LogP contribution in [0, 0.1) is 11.8 Å². The third-order valence-corrected chi connectivity index (χ3v) is 3.98. The first-order valence-electron chi connectivity index (χ1n) is 7.06. The van der Waals surface area contributed by atoms with E-state index in [0.29, 0.717) is 12.5 Å². The Bertz CT molecular complexity index is 170. The van der Waals surface area contributed by atoms with Crippen molar-refractivity contribution in [3.8, 4) is 0 Å². The molecular formula is C14H28O2. The van der Waals surface area contributed by atoms with E-state index in [4.69, 9.17) is 5.11 Å². The number of aliphatic hydroxyl groups is 2. The van der Waals surface area contributed by atoms with Gasteiger partial charge in [-0.3, -0.25) is 0 Å². The van der Waals surface area contributed by atoms with E-state index in [1.165, 1.54) is 32.1 Å². The molecule has 0 saturated heterocycles. The van der Waals surface area contributed by atoms with E-state index in [-0.39, 0.29) is 6.10 Å². The summed E-state index contributed by atoms with van der Waals surface area (Å²) in [5, 5.41) is 18.7. The van der Waals surface area contributed by atoms with Gasteiger partial charge < -0.3 is 10.2 Å². The van der Waals surface area contributed by atoms with Crippen molar-refractivity contribution in [3.05, 3.63) is 0 Å². The molecule has 3 unspecified atom stereocenters. The molecule has 0 aromatic carbocycles. The highest BCUT2D eigenvalue weighted by Gasteiger charge is 2.27. The van der Waals surface area contributed by atoms with E-state index in [9.17, 15) is 5.11 Å². The van der Waals surface area contributed by atoms with Crippen LogP contribution >= 0.6 is 0 Å². The van der Waals surface area contributed by atoms with E-state index in [1.807, 2.05) is 0 Å². The van der Waals surface area contributed by atoms with Crippen molar-refractivity contribution in [1.29, 1.82) is 0 Å². The topological polar surface area (TPSA) is 40.5 Å². The normalized spacial score (nSPS) is 30.6. The van der Waals surface area contributed by atoms with Crippen LogP contribution in [0.25, 0.3) is 0 Å². The van der Waals surface area contributed by atoms with Crippen LogP contribution in [-0.4, -0.2) is 22.9 Å². The van der Waals surface area contributed by atoms with E-state index in [1.54, 1.807) is 0 Å². The molecule has 0 amide bonds. The maximum atomic E-state index is 9.96. The van der Waals surface area contributed by atoms with Crippen molar-refractivity contribution < 1.29 is 10.2 Å². The monoisotopic (exact) mass is 228 g/mol. The SMILES string of the molecule is CCCC1CCC(O)C(CCCCCO)C1. The minimum atomic E-state index is -0.0535. The Morgan fingerprint density at radius 2 is 1.88 bits per heavy atom. The van der Waals surface area contributed by atoms with Gasteiger partial charge in [0.2, 0.25) is 0 Å². The predicted molar refractivity (Wildman–Crippen MR) is 67.3 cm³/mol. The molecule has 1 aliphatic carbocycles. The molecule has 0 aromatic heterocycles. The molecule has 0 bridgehead atoms. The van der Waals surface area contributed by atoms with Gasteiger partial charge in [0, 0.05) is 6.61 Å². The summed E-state index contributed by atoms with van der Waals surface area (Å²) >= 11 is 0. The van der Waals surface area contributed by atoms with Crippen LogP contribution in [0.15, 0.2) is 0 Å². The molecule has 1 rings (SSSR count). The standard InChI is InChI=1S/C14H28O2/c1-2-6-12-8-9-14(16)13(11-12)7-4-3-5-10-15/h12-16H,2-11H2,1H3. The van der Waals surface area contributed by atoms with E-state index in [2.05, 4.69) is 6.92 Å². The maximum Gasteiger partial charge on any atom is 0.0568 e. The van der Waals surface area contributed by atoms with Crippen molar-refractivity contribution in [2.75, 3.05) is 6.61 Å². The van der Waals surface area contributed by atoms with Crippen LogP contribution in [0.3, 0.4) is 0 Å². The summed E-state index contributed by atoms with van der Waals surface area (Å²) in [5.41, 5.74) is 0. The molecule has 1 aliphatic rings. The van der Waals surface area contributed by atoms with E-state index >= 15 is 0 Å². The molecule has 0 heterocycles. The molecule has 1 saturated carbocycles. The summed E-state index contributed by atoms with van der Waals surface area (Å²) < 4.78 is 0. The molecule has 1 fully saturated rings. The number of rotatable bonds is 7. The molecule has 0 aromatic rings. The summed E-state index contributed by atoms with van der Waals surface area (Å²) in [4.78, 5) is 0. The Morgan fingerprint density at radius 1 is 1.06 bits per heavy atom. The average Bonchev–Trinajstić information content (AvgIpc) is 2.29. The summed E-state index contributed by atoms with van der Waals surface area (Å²) in [5.74, 6) is 1.39. The third-order valence-electron chi connectivity index (χ3n) is 3.98. The van der Waals surface area contributed by atoms with Gasteiger partial charge in [0.1, 0.15) is 0 Å². The zero-order valence-electron chi connectivity index (χ0n) is 10.7. The van der Waals surface area contributed by atoms with Gasteiger partial charge in [0.15, 0.2) is 0 Å². The molecule has 2 N–H and O–H groups in total. The zero-order valence-corrected chi connectivity index (χ0v) is 10.7. The first kappa shape index (κ1) is 14.0. The highest BCUT2D eigenvalue weighted by atomic mass is 16.3. The van der Waals surface area contributed by atoms with Gasteiger partial charge in [-0.1, -0.05) is 32.6 Å². The predicted octanol–water partition coefficient (Wildman–Crippen LogP) is 3.12. The van der Waals surface area contributed by atoms with Crippen molar-refractivity contribution >= 4 is 0 Å². The van der Waals surface area contributed by atoms with Crippen molar-refractivity contribution in [2.45, 2.75) is 70.8 Å². The van der Waals surface area contributed by atoms with Gasteiger partial charge >= 0.3 is 0 Å². The van der Waals surface area contributed by atoms with Crippen molar-refractivity contribution in [1.82, 2.24) is 0 Å². The molecular weight excluding hydrogens is 200 g/mol. The molecule has 96 valence electrons. The second-order valence-corrected chi connectivity index (χ2v) is 5.37. The minimum Gasteiger partial charge on any atom is -0.396 e. The Balaban J connectivity index is 2.21. The average molecular weight is 228 g/mol. The van der Waals surface area contributed by atoms with Crippen molar-refractivity contribution in [3.63, 3.8) is 0 Å². The molecule has 2 heteroatoms. The number of hydrogen-bond acceptors (Lipinski definition) is 2. The third kappa shape index (κ3) is 4.84. The summed E-state index contributed by atoms with van der Waals surface area (Å²) in [6.45, 7) is 2.56. The van der Waals surface area contributed by atoms with Crippen LogP contribution in [0.1, 0.15) is 64.7 Å². The smallest absolute Gasteiger partial charge is 0.0568 e. The van der Waals surface area contributed by atoms with Crippen molar-refractivity contribution in [2.24, 2.45) is 11.8 Å². The number of aliphatic hydroxyl groups excluding tert-OH is 2. The summed E-state index contributed by atoms with van der Waals surface area (Å²) in [6.07, 6.45) is 10.4. The quantitative estimate of drug-likeness (QED) is 0.657. The van der Waals surface area contributed by atoms with Crippen LogP contribution < -0.4 is 0 Å². The lowest BCUT2D eigenvalue weighted by atomic mass is 9.75. The van der Waals surface area contributed by atoms with Gasteiger partial charge in [0.05, 0.1) is 6.10 Å². The van der Waals surface area contributed by atoms with E-state index in [0.717, 1.165) is 31.6 Å². The second kappa shape index (κ2) is 8.08. The molecule has 0 aliphatic heterocycles. The molecule has 16 heavy (non-hydrogen) atoms. The molecule has 2 nitrogen and oxygen atoms in total.